The highest BCUT2D eigenvalue weighted by molar-refractivity contribution is 5.95. The summed E-state index contributed by atoms with van der Waals surface area (Å²) in [6, 6.07) is 13.0. The van der Waals surface area contributed by atoms with Gasteiger partial charge in [-0.2, -0.15) is 0 Å². The minimum Gasteiger partial charge on any atom is -0.480 e. The van der Waals surface area contributed by atoms with Crippen LogP contribution in [0.4, 0.5) is 0 Å². The van der Waals surface area contributed by atoms with Gasteiger partial charge in [-0.1, -0.05) is 62.4 Å². The van der Waals surface area contributed by atoms with Gasteiger partial charge >= 0.3 is 5.97 Å². The highest BCUT2D eigenvalue weighted by atomic mass is 16.4. The lowest BCUT2D eigenvalue weighted by atomic mass is 10.0. The van der Waals surface area contributed by atoms with E-state index in [-0.39, 0.29) is 24.7 Å². The molecule has 1 aliphatic rings. The van der Waals surface area contributed by atoms with Crippen LogP contribution in [0.1, 0.15) is 44.2 Å². The van der Waals surface area contributed by atoms with Gasteiger partial charge < -0.3 is 31.4 Å². The van der Waals surface area contributed by atoms with Crippen molar-refractivity contribution in [2.45, 2.75) is 70.1 Å². The van der Waals surface area contributed by atoms with Crippen LogP contribution in [0, 0.1) is 5.92 Å². The van der Waals surface area contributed by atoms with E-state index in [1.807, 2.05) is 68.4 Å². The van der Waals surface area contributed by atoms with Crippen LogP contribution in [0.5, 0.6) is 0 Å². The van der Waals surface area contributed by atoms with Crippen LogP contribution in [0.2, 0.25) is 0 Å². The first kappa shape index (κ1) is 29.8. The molecule has 10 heteroatoms. The molecule has 0 bridgehead atoms. The molecule has 1 aliphatic heterocycles. The predicted molar refractivity (Wildman–Crippen MR) is 156 cm³/mol. The molecule has 1 fully saturated rings. The van der Waals surface area contributed by atoms with Gasteiger partial charge in [-0.3, -0.25) is 14.4 Å². The Labute approximate surface area is 239 Å². The summed E-state index contributed by atoms with van der Waals surface area (Å²) in [4.78, 5) is 56.9. The maximum absolute atomic E-state index is 13.6. The molecule has 0 spiro atoms. The molecule has 4 unspecified atom stereocenters. The Bertz CT molecular complexity index is 1370. The zero-order valence-electron chi connectivity index (χ0n) is 23.5. The Morgan fingerprint density at radius 2 is 1.71 bits per heavy atom. The summed E-state index contributed by atoms with van der Waals surface area (Å²) in [5.74, 6) is -2.28. The van der Waals surface area contributed by atoms with Gasteiger partial charge in [0.15, 0.2) is 0 Å². The van der Waals surface area contributed by atoms with E-state index in [0.29, 0.717) is 25.8 Å². The number of para-hydroxylation sites is 1. The first-order chi connectivity index (χ1) is 19.6. The van der Waals surface area contributed by atoms with Crippen LogP contribution in [0.25, 0.3) is 10.9 Å². The largest absolute Gasteiger partial charge is 0.480 e. The van der Waals surface area contributed by atoms with Crippen LogP contribution < -0.4 is 16.4 Å². The fraction of sp³-hybridized carbons (Fsp3) is 0.419. The van der Waals surface area contributed by atoms with Crippen molar-refractivity contribution in [1.82, 2.24) is 20.5 Å². The van der Waals surface area contributed by atoms with Gasteiger partial charge in [0.2, 0.25) is 17.7 Å². The van der Waals surface area contributed by atoms with E-state index in [1.54, 1.807) is 6.20 Å². The highest BCUT2D eigenvalue weighted by Crippen LogP contribution is 2.21. The van der Waals surface area contributed by atoms with Gasteiger partial charge in [0.05, 0.1) is 6.04 Å². The molecule has 10 nitrogen and oxygen atoms in total. The number of nitrogens with two attached hydrogens (primary N) is 1. The number of hydrogen-bond donors (Lipinski definition) is 5. The Balaban J connectivity index is 1.50. The molecule has 2 aromatic carbocycles. The quantitative estimate of drug-likeness (QED) is 0.228. The van der Waals surface area contributed by atoms with Gasteiger partial charge in [0.25, 0.3) is 0 Å². The van der Waals surface area contributed by atoms with Crippen molar-refractivity contribution in [3.63, 3.8) is 0 Å². The van der Waals surface area contributed by atoms with E-state index in [4.69, 9.17) is 5.73 Å². The van der Waals surface area contributed by atoms with Crippen molar-refractivity contribution in [2.24, 2.45) is 11.7 Å². The van der Waals surface area contributed by atoms with Gasteiger partial charge in [-0.15, -0.1) is 0 Å². The predicted octanol–water partition coefficient (Wildman–Crippen LogP) is 2.37. The van der Waals surface area contributed by atoms with E-state index in [0.717, 1.165) is 22.0 Å². The first-order valence-electron chi connectivity index (χ1n) is 14.1. The molecule has 218 valence electrons. The molecule has 0 aliphatic carbocycles. The Hall–Kier alpha value is -4.18. The maximum atomic E-state index is 13.6. The van der Waals surface area contributed by atoms with Crippen LogP contribution in [0.15, 0.2) is 60.8 Å². The number of rotatable bonds is 12. The number of carboxylic acids is 1. The molecule has 3 aromatic rings. The number of benzene rings is 2. The Morgan fingerprint density at radius 1 is 1.00 bits per heavy atom. The molecular formula is C31H39N5O5. The summed E-state index contributed by atoms with van der Waals surface area (Å²) in [6.45, 7) is 4.39. The second kappa shape index (κ2) is 13.5. The third kappa shape index (κ3) is 7.52. The second-order valence-electron chi connectivity index (χ2n) is 11.1. The fourth-order valence-electron chi connectivity index (χ4n) is 5.44. The molecular weight excluding hydrogens is 522 g/mol. The lowest BCUT2D eigenvalue weighted by molar-refractivity contribution is -0.143. The molecule has 4 rings (SSSR count). The minimum absolute atomic E-state index is 0.0652. The second-order valence-corrected chi connectivity index (χ2v) is 11.1. The number of hydrogen-bond acceptors (Lipinski definition) is 5. The number of amides is 3. The normalized spacial score (nSPS) is 17.3. The van der Waals surface area contributed by atoms with Crippen molar-refractivity contribution in [2.75, 3.05) is 6.54 Å². The number of aromatic amines is 1. The molecule has 4 atom stereocenters. The van der Waals surface area contributed by atoms with Crippen molar-refractivity contribution in [3.8, 4) is 0 Å². The zero-order valence-corrected chi connectivity index (χ0v) is 23.5. The number of carbonyl (C=O) groups excluding carboxylic acids is 3. The zero-order chi connectivity index (χ0) is 29.5. The number of likely N-dealkylation sites (tertiary alicyclic amines) is 1. The summed E-state index contributed by atoms with van der Waals surface area (Å²) in [5.41, 5.74) is 8.57. The van der Waals surface area contributed by atoms with E-state index < -0.39 is 42.0 Å². The molecule has 0 radical (unpaired) electrons. The average Bonchev–Trinajstić information content (AvgIpc) is 3.60. The number of carbonyl (C=O) groups is 4. The number of aromatic nitrogens is 1. The number of carboxylic acid groups (broad SMARTS) is 1. The molecule has 1 aromatic heterocycles. The van der Waals surface area contributed by atoms with Gasteiger partial charge in [0.1, 0.15) is 18.1 Å². The van der Waals surface area contributed by atoms with Crippen LogP contribution in [0.3, 0.4) is 0 Å². The number of aliphatic carboxylic acids is 1. The fourth-order valence-corrected chi connectivity index (χ4v) is 5.44. The smallest absolute Gasteiger partial charge is 0.326 e. The molecule has 1 saturated heterocycles. The highest BCUT2D eigenvalue weighted by Gasteiger charge is 2.38. The molecule has 2 heterocycles. The van der Waals surface area contributed by atoms with Crippen molar-refractivity contribution >= 4 is 34.6 Å². The minimum atomic E-state index is -1.21. The summed E-state index contributed by atoms with van der Waals surface area (Å²) < 4.78 is 0. The standard InChI is InChI=1S/C31H39N5O5/c1-19(2)15-23(32)30(39)36-14-8-13-27(36)29(38)34-25(16-20-9-4-3-5-10-20)28(37)35-26(31(40)41)17-21-18-33-24-12-7-6-11-22(21)24/h3-7,9-12,18-19,23,25-27,33H,8,13-17,32H2,1-2H3,(H,34,38)(H,35,37)(H,40,41). The molecule has 6 N–H and O–H groups in total. The third-order valence-corrected chi connectivity index (χ3v) is 7.51. The van der Waals surface area contributed by atoms with Crippen LogP contribution >= 0.6 is 0 Å². The van der Waals surface area contributed by atoms with Crippen molar-refractivity contribution in [3.05, 3.63) is 71.9 Å². The SMILES string of the molecule is CC(C)CC(N)C(=O)N1CCCC1C(=O)NC(Cc1ccccc1)C(=O)NC(Cc1c[nH]c2ccccc12)C(=O)O. The average molecular weight is 562 g/mol. The number of nitrogens with zero attached hydrogens (tertiary/aromatic N) is 1. The summed E-state index contributed by atoms with van der Waals surface area (Å²) >= 11 is 0. The van der Waals surface area contributed by atoms with Gasteiger partial charge in [-0.05, 0) is 42.4 Å². The van der Waals surface area contributed by atoms with Gasteiger partial charge in [0, 0.05) is 36.5 Å². The van der Waals surface area contributed by atoms with Crippen LogP contribution in [-0.2, 0) is 32.0 Å². The van der Waals surface area contributed by atoms with Crippen molar-refractivity contribution in [1.29, 1.82) is 0 Å². The first-order valence-corrected chi connectivity index (χ1v) is 14.1. The molecule has 3 amide bonds. The van der Waals surface area contributed by atoms with Crippen molar-refractivity contribution < 1.29 is 24.3 Å². The molecule has 0 saturated carbocycles. The van der Waals surface area contributed by atoms with E-state index in [2.05, 4.69) is 15.6 Å². The van der Waals surface area contributed by atoms with E-state index >= 15 is 0 Å². The summed E-state index contributed by atoms with van der Waals surface area (Å²) in [6.07, 6.45) is 3.59. The topological polar surface area (TPSA) is 158 Å². The Morgan fingerprint density at radius 3 is 2.41 bits per heavy atom. The van der Waals surface area contributed by atoms with E-state index in [9.17, 15) is 24.3 Å². The lowest BCUT2D eigenvalue weighted by Crippen LogP contribution is -2.57. The lowest BCUT2D eigenvalue weighted by Gasteiger charge is -2.29. The van der Waals surface area contributed by atoms with Crippen LogP contribution in [-0.4, -0.2) is 69.4 Å². The summed E-state index contributed by atoms with van der Waals surface area (Å²) in [7, 11) is 0. The summed E-state index contributed by atoms with van der Waals surface area (Å²) in [5, 5.41) is 16.3. The molecule has 41 heavy (non-hydrogen) atoms. The number of nitrogens with one attached hydrogen (secondary N) is 3. The van der Waals surface area contributed by atoms with E-state index in [1.165, 1.54) is 4.90 Å². The number of H-pyrrole nitrogens is 1. The Kier molecular flexibility index (Phi) is 9.78. The monoisotopic (exact) mass is 561 g/mol. The third-order valence-electron chi connectivity index (χ3n) is 7.51. The number of fused-ring (bicyclic) bond motifs is 1. The van der Waals surface area contributed by atoms with Gasteiger partial charge in [-0.25, -0.2) is 4.79 Å². The maximum Gasteiger partial charge on any atom is 0.326 e.